The molecule has 2 atom stereocenters. The Balaban J connectivity index is 1.79. The zero-order valence-electron chi connectivity index (χ0n) is 16.4. The van der Waals surface area contributed by atoms with Crippen LogP contribution in [-0.4, -0.2) is 51.2 Å². The summed E-state index contributed by atoms with van der Waals surface area (Å²) in [7, 11) is 4.21. The Kier molecular flexibility index (Phi) is 6.01. The van der Waals surface area contributed by atoms with Gasteiger partial charge < -0.3 is 19.5 Å². The van der Waals surface area contributed by atoms with Gasteiger partial charge in [0, 0.05) is 11.8 Å². The lowest BCUT2D eigenvalue weighted by atomic mass is 9.93. The number of amides is 2. The summed E-state index contributed by atoms with van der Waals surface area (Å²) in [5.74, 6) is -0.474. The van der Waals surface area contributed by atoms with Crippen molar-refractivity contribution < 1.29 is 28.6 Å². The molecule has 2 aromatic carbocycles. The molecule has 152 valence electrons. The molecular formula is C21H22N2O6. The Morgan fingerprint density at radius 3 is 2.31 bits per heavy atom. The Morgan fingerprint density at radius 1 is 1.00 bits per heavy atom. The second-order valence-electron chi connectivity index (χ2n) is 6.42. The van der Waals surface area contributed by atoms with E-state index in [2.05, 4.69) is 5.32 Å². The van der Waals surface area contributed by atoms with E-state index >= 15 is 0 Å². The number of methoxy groups -OCH3 is 3. The molecule has 2 aromatic rings. The number of ether oxygens (including phenoxy) is 3. The fraction of sp³-hybridized carbons (Fsp3) is 0.286. The highest BCUT2D eigenvalue weighted by molar-refractivity contribution is 6.14. The van der Waals surface area contributed by atoms with Gasteiger partial charge in [0.1, 0.15) is 6.04 Å². The van der Waals surface area contributed by atoms with Crippen LogP contribution in [0.5, 0.6) is 11.5 Å². The molecule has 1 saturated heterocycles. The minimum atomic E-state index is -0.994. The number of β-lactam (4-membered cyclic amide) rings is 1. The summed E-state index contributed by atoms with van der Waals surface area (Å²) in [5, 5.41) is 2.64. The molecule has 1 fully saturated rings. The summed E-state index contributed by atoms with van der Waals surface area (Å²) in [6.07, 6.45) is 0.106. The smallest absolute Gasteiger partial charge is 0.331 e. The SMILES string of the molecule is COC(=O)C1C(NC(=O)Cc2ccccc2)C(=O)N1c1ccc(OC)c(OC)c1. The predicted molar refractivity (Wildman–Crippen MR) is 105 cm³/mol. The first-order chi connectivity index (χ1) is 14.0. The second-order valence-corrected chi connectivity index (χ2v) is 6.42. The van der Waals surface area contributed by atoms with Crippen LogP contribution in [0.15, 0.2) is 48.5 Å². The number of benzene rings is 2. The van der Waals surface area contributed by atoms with Crippen molar-refractivity contribution in [3.63, 3.8) is 0 Å². The monoisotopic (exact) mass is 398 g/mol. The molecule has 1 aliphatic rings. The highest BCUT2D eigenvalue weighted by Gasteiger charge is 2.54. The van der Waals surface area contributed by atoms with Crippen molar-refractivity contribution >= 4 is 23.5 Å². The standard InChI is InChI=1S/C21H22N2O6/c1-27-15-10-9-14(12-16(15)28-2)23-19(21(26)29-3)18(20(23)25)22-17(24)11-13-7-5-4-6-8-13/h4-10,12,18-19H,11H2,1-3H3,(H,22,24). The molecule has 3 rings (SSSR count). The summed E-state index contributed by atoms with van der Waals surface area (Å²) in [6.45, 7) is 0. The minimum Gasteiger partial charge on any atom is -0.493 e. The van der Waals surface area contributed by atoms with Gasteiger partial charge in [-0.05, 0) is 17.7 Å². The second kappa shape index (κ2) is 8.64. The molecular weight excluding hydrogens is 376 g/mol. The number of nitrogens with zero attached hydrogens (tertiary/aromatic N) is 1. The van der Waals surface area contributed by atoms with Gasteiger partial charge in [-0.3, -0.25) is 14.5 Å². The van der Waals surface area contributed by atoms with Crippen LogP contribution in [0.25, 0.3) is 0 Å². The van der Waals surface area contributed by atoms with Crippen LogP contribution >= 0.6 is 0 Å². The van der Waals surface area contributed by atoms with Crippen LogP contribution < -0.4 is 19.7 Å². The topological polar surface area (TPSA) is 94.2 Å². The van der Waals surface area contributed by atoms with E-state index in [-0.39, 0.29) is 12.3 Å². The van der Waals surface area contributed by atoms with E-state index < -0.39 is 24.0 Å². The van der Waals surface area contributed by atoms with E-state index in [0.717, 1.165) is 5.56 Å². The molecule has 1 heterocycles. The average Bonchev–Trinajstić information content (AvgIpc) is 2.75. The third kappa shape index (κ3) is 4.01. The van der Waals surface area contributed by atoms with Gasteiger partial charge in [0.2, 0.25) is 5.91 Å². The van der Waals surface area contributed by atoms with E-state index in [4.69, 9.17) is 14.2 Å². The van der Waals surface area contributed by atoms with Crippen molar-refractivity contribution in [2.45, 2.75) is 18.5 Å². The Labute approximate surface area is 168 Å². The highest BCUT2D eigenvalue weighted by Crippen LogP contribution is 2.36. The van der Waals surface area contributed by atoms with E-state index in [1.54, 1.807) is 18.2 Å². The number of nitrogens with one attached hydrogen (secondary N) is 1. The maximum atomic E-state index is 12.8. The van der Waals surface area contributed by atoms with Crippen LogP contribution in [0.3, 0.4) is 0 Å². The van der Waals surface area contributed by atoms with Gasteiger partial charge in [-0.25, -0.2) is 4.79 Å². The summed E-state index contributed by atoms with van der Waals surface area (Å²) >= 11 is 0. The quantitative estimate of drug-likeness (QED) is 0.558. The third-order valence-corrected chi connectivity index (χ3v) is 4.71. The van der Waals surface area contributed by atoms with Crippen LogP contribution in [0.2, 0.25) is 0 Å². The maximum Gasteiger partial charge on any atom is 0.331 e. The number of rotatable bonds is 7. The lowest BCUT2D eigenvalue weighted by Crippen LogP contribution is -2.74. The van der Waals surface area contributed by atoms with Gasteiger partial charge in [-0.2, -0.15) is 0 Å². The molecule has 1 aliphatic heterocycles. The number of carbonyl (C=O) groups is 3. The molecule has 8 heteroatoms. The fourth-order valence-electron chi connectivity index (χ4n) is 3.26. The van der Waals surface area contributed by atoms with Gasteiger partial charge >= 0.3 is 5.97 Å². The number of anilines is 1. The van der Waals surface area contributed by atoms with E-state index in [9.17, 15) is 14.4 Å². The molecule has 8 nitrogen and oxygen atoms in total. The first-order valence-corrected chi connectivity index (χ1v) is 8.96. The summed E-state index contributed by atoms with van der Waals surface area (Å²) < 4.78 is 15.3. The van der Waals surface area contributed by atoms with Crippen LogP contribution in [0.4, 0.5) is 5.69 Å². The molecule has 0 aromatic heterocycles. The largest absolute Gasteiger partial charge is 0.493 e. The zero-order valence-corrected chi connectivity index (χ0v) is 16.4. The van der Waals surface area contributed by atoms with E-state index in [1.807, 2.05) is 30.3 Å². The van der Waals surface area contributed by atoms with Crippen molar-refractivity contribution in [2.24, 2.45) is 0 Å². The zero-order chi connectivity index (χ0) is 21.0. The minimum absolute atomic E-state index is 0.106. The molecule has 29 heavy (non-hydrogen) atoms. The summed E-state index contributed by atoms with van der Waals surface area (Å²) in [4.78, 5) is 38.7. The molecule has 2 unspecified atom stereocenters. The number of carbonyl (C=O) groups excluding carboxylic acids is 3. The van der Waals surface area contributed by atoms with Gasteiger partial charge in [0.25, 0.3) is 5.91 Å². The third-order valence-electron chi connectivity index (χ3n) is 4.71. The van der Waals surface area contributed by atoms with Crippen LogP contribution in [-0.2, 0) is 25.5 Å². The van der Waals surface area contributed by atoms with Crippen molar-refractivity contribution in [1.82, 2.24) is 5.32 Å². The first-order valence-electron chi connectivity index (χ1n) is 8.96. The Bertz CT molecular complexity index is 915. The van der Waals surface area contributed by atoms with E-state index in [0.29, 0.717) is 17.2 Å². The van der Waals surface area contributed by atoms with Crippen molar-refractivity contribution in [1.29, 1.82) is 0 Å². The molecule has 1 N–H and O–H groups in total. The number of hydrogen-bond acceptors (Lipinski definition) is 6. The van der Waals surface area contributed by atoms with Crippen LogP contribution in [0.1, 0.15) is 5.56 Å². The van der Waals surface area contributed by atoms with Gasteiger partial charge in [-0.1, -0.05) is 30.3 Å². The van der Waals surface area contributed by atoms with Crippen molar-refractivity contribution in [3.8, 4) is 11.5 Å². The van der Waals surface area contributed by atoms with Crippen LogP contribution in [0, 0.1) is 0 Å². The van der Waals surface area contributed by atoms with Gasteiger partial charge in [0.05, 0.1) is 27.8 Å². The average molecular weight is 398 g/mol. The lowest BCUT2D eigenvalue weighted by molar-refractivity contribution is -0.150. The highest BCUT2D eigenvalue weighted by atomic mass is 16.5. The summed E-state index contributed by atoms with van der Waals surface area (Å²) in [6, 6.07) is 12.0. The maximum absolute atomic E-state index is 12.8. The Hall–Kier alpha value is -3.55. The number of hydrogen-bond donors (Lipinski definition) is 1. The number of esters is 1. The fourth-order valence-corrected chi connectivity index (χ4v) is 3.26. The van der Waals surface area contributed by atoms with E-state index in [1.165, 1.54) is 26.2 Å². The molecule has 0 saturated carbocycles. The molecule has 0 aliphatic carbocycles. The van der Waals surface area contributed by atoms with Crippen molar-refractivity contribution in [2.75, 3.05) is 26.2 Å². The summed E-state index contributed by atoms with van der Waals surface area (Å²) in [5.41, 5.74) is 1.25. The molecule has 0 spiro atoms. The molecule has 2 amide bonds. The Morgan fingerprint density at radius 2 is 1.69 bits per heavy atom. The normalized spacial score (nSPS) is 17.9. The lowest BCUT2D eigenvalue weighted by Gasteiger charge is -2.45. The predicted octanol–water partition coefficient (Wildman–Crippen LogP) is 1.32. The molecule has 0 radical (unpaired) electrons. The van der Waals surface area contributed by atoms with Gasteiger partial charge in [0.15, 0.2) is 17.5 Å². The first kappa shape index (κ1) is 20.2. The van der Waals surface area contributed by atoms with Gasteiger partial charge in [-0.15, -0.1) is 0 Å². The van der Waals surface area contributed by atoms with Crippen molar-refractivity contribution in [3.05, 3.63) is 54.1 Å². The molecule has 0 bridgehead atoms.